The number of hydrogen-bond acceptors (Lipinski definition) is 7. The SMILES string of the molecule is CC(=O)Nc1nc(CCc2ccc(N=CNC(=O)O)cc2)c(CN(C)C(=O)C(F)(F)F)s1.NC(=O)O. The fourth-order valence-corrected chi connectivity index (χ4v) is 3.69. The summed E-state index contributed by atoms with van der Waals surface area (Å²) in [5.41, 5.74) is 5.92. The van der Waals surface area contributed by atoms with E-state index in [9.17, 15) is 27.6 Å². The molecule has 36 heavy (non-hydrogen) atoms. The number of nitrogens with two attached hydrogens (primary N) is 1. The number of nitrogens with zero attached hydrogens (tertiary/aromatic N) is 3. The number of aryl methyl sites for hydroxylation is 2. The Bertz CT molecular complexity index is 1100. The molecule has 2 aromatic rings. The van der Waals surface area contributed by atoms with Crippen molar-refractivity contribution in [1.29, 1.82) is 0 Å². The molecule has 4 amide bonds. The van der Waals surface area contributed by atoms with Gasteiger partial charge in [-0.2, -0.15) is 13.2 Å². The molecular formula is C20H23F3N6O6S. The number of alkyl halides is 3. The zero-order valence-electron chi connectivity index (χ0n) is 19.0. The Labute approximate surface area is 206 Å². The topological polar surface area (TPSA) is 187 Å². The van der Waals surface area contributed by atoms with Crippen LogP contribution in [-0.4, -0.2) is 63.7 Å². The molecule has 0 aliphatic carbocycles. The van der Waals surface area contributed by atoms with Crippen molar-refractivity contribution in [2.24, 2.45) is 10.7 Å². The molecule has 0 saturated carbocycles. The van der Waals surface area contributed by atoms with E-state index in [1.807, 2.05) is 5.32 Å². The maximum absolute atomic E-state index is 12.7. The van der Waals surface area contributed by atoms with Crippen LogP contribution < -0.4 is 16.4 Å². The molecule has 0 bridgehead atoms. The molecule has 1 aromatic heterocycles. The summed E-state index contributed by atoms with van der Waals surface area (Å²) in [7, 11) is 1.05. The van der Waals surface area contributed by atoms with Crippen LogP contribution in [0, 0.1) is 0 Å². The van der Waals surface area contributed by atoms with Crippen LogP contribution in [0.25, 0.3) is 0 Å². The molecular weight excluding hydrogens is 509 g/mol. The van der Waals surface area contributed by atoms with Gasteiger partial charge in [-0.1, -0.05) is 23.5 Å². The largest absolute Gasteiger partial charge is 0.471 e. The Morgan fingerprint density at radius 3 is 2.25 bits per heavy atom. The maximum Gasteiger partial charge on any atom is 0.471 e. The molecule has 1 heterocycles. The van der Waals surface area contributed by atoms with Crippen LogP contribution in [-0.2, 0) is 29.0 Å². The minimum atomic E-state index is -4.98. The van der Waals surface area contributed by atoms with E-state index in [-0.39, 0.29) is 17.6 Å². The van der Waals surface area contributed by atoms with Crippen molar-refractivity contribution < 1.29 is 42.6 Å². The number of aliphatic imine (C=N–C) groups is 1. The number of nitrogens with one attached hydrogen (secondary N) is 2. The third-order valence-corrected chi connectivity index (χ3v) is 5.02. The predicted molar refractivity (Wildman–Crippen MR) is 124 cm³/mol. The van der Waals surface area contributed by atoms with Crippen LogP contribution in [0.1, 0.15) is 23.1 Å². The van der Waals surface area contributed by atoms with Gasteiger partial charge in [-0.3, -0.25) is 14.9 Å². The molecule has 0 saturated heterocycles. The van der Waals surface area contributed by atoms with Gasteiger partial charge in [0.15, 0.2) is 5.13 Å². The Morgan fingerprint density at radius 2 is 1.75 bits per heavy atom. The van der Waals surface area contributed by atoms with E-state index in [0.717, 1.165) is 30.3 Å². The van der Waals surface area contributed by atoms with E-state index < -0.39 is 24.3 Å². The molecule has 0 aliphatic rings. The molecule has 0 unspecified atom stereocenters. The minimum absolute atomic E-state index is 0.242. The second kappa shape index (κ2) is 13.6. The standard InChI is InChI=1S/C19H20F3N5O4S.CH3NO2/c1-11(28)25-17-26-14(15(32-17)9-27(2)16(29)19(20,21)22)8-5-12-3-6-13(7-4-12)23-10-24-18(30)31;2-1(3)4/h3-4,6-7,10H,5,8-9H2,1-2H3,(H,23,24)(H,30,31)(H,25,26,28);2H2,(H,3,4). The summed E-state index contributed by atoms with van der Waals surface area (Å²) in [5, 5.41) is 20.4. The van der Waals surface area contributed by atoms with Gasteiger partial charge in [0.25, 0.3) is 0 Å². The van der Waals surface area contributed by atoms with Crippen LogP contribution in [0.15, 0.2) is 29.3 Å². The molecule has 0 spiro atoms. The zero-order chi connectivity index (χ0) is 27.5. The third-order valence-electron chi connectivity index (χ3n) is 4.02. The quantitative estimate of drug-likeness (QED) is 0.255. The van der Waals surface area contributed by atoms with E-state index in [2.05, 4.69) is 21.0 Å². The van der Waals surface area contributed by atoms with Crippen LogP contribution >= 0.6 is 11.3 Å². The first-order valence-corrected chi connectivity index (χ1v) is 10.7. The predicted octanol–water partition coefficient (Wildman–Crippen LogP) is 2.96. The molecule has 1 aromatic carbocycles. The number of thiazole rings is 1. The second-order valence-electron chi connectivity index (χ2n) is 6.94. The number of anilines is 1. The summed E-state index contributed by atoms with van der Waals surface area (Å²) in [5.74, 6) is -2.34. The molecule has 2 rings (SSSR count). The smallest absolute Gasteiger partial charge is 0.465 e. The summed E-state index contributed by atoms with van der Waals surface area (Å²) in [6, 6.07) is 6.90. The lowest BCUT2D eigenvalue weighted by Gasteiger charge is -2.18. The van der Waals surface area contributed by atoms with Crippen LogP contribution in [0.2, 0.25) is 0 Å². The number of carbonyl (C=O) groups excluding carboxylic acids is 2. The highest BCUT2D eigenvalue weighted by molar-refractivity contribution is 7.15. The molecule has 6 N–H and O–H groups in total. The lowest BCUT2D eigenvalue weighted by atomic mass is 10.1. The van der Waals surface area contributed by atoms with Gasteiger partial charge in [0.2, 0.25) is 5.91 Å². The molecule has 0 atom stereocenters. The van der Waals surface area contributed by atoms with Gasteiger partial charge in [0.05, 0.1) is 24.3 Å². The highest BCUT2D eigenvalue weighted by Crippen LogP contribution is 2.27. The molecule has 12 nitrogen and oxygen atoms in total. The van der Waals surface area contributed by atoms with Crippen LogP contribution in [0.5, 0.6) is 0 Å². The number of aromatic nitrogens is 1. The highest BCUT2D eigenvalue weighted by atomic mass is 32.1. The Kier molecular flexibility index (Phi) is 11.3. The van der Waals surface area contributed by atoms with E-state index in [4.69, 9.17) is 15.0 Å². The Morgan fingerprint density at radius 1 is 1.17 bits per heavy atom. The molecule has 0 radical (unpaired) electrons. The third kappa shape index (κ3) is 11.3. The zero-order valence-corrected chi connectivity index (χ0v) is 19.8. The first-order chi connectivity index (χ1) is 16.7. The average Bonchev–Trinajstić information content (AvgIpc) is 3.11. The number of rotatable bonds is 8. The number of hydrogen-bond donors (Lipinski definition) is 5. The van der Waals surface area contributed by atoms with Crippen molar-refractivity contribution in [2.75, 3.05) is 12.4 Å². The fraction of sp³-hybridized carbons (Fsp3) is 0.300. The number of benzene rings is 1. The van der Waals surface area contributed by atoms with Gasteiger partial charge < -0.3 is 26.2 Å². The fourth-order valence-electron chi connectivity index (χ4n) is 2.58. The van der Waals surface area contributed by atoms with Gasteiger partial charge in [-0.25, -0.2) is 19.6 Å². The first kappa shape index (κ1) is 29.8. The van der Waals surface area contributed by atoms with E-state index in [1.165, 1.54) is 6.92 Å². The number of halogens is 3. The Hall–Kier alpha value is -4.21. The van der Waals surface area contributed by atoms with Crippen molar-refractivity contribution in [3.05, 3.63) is 40.4 Å². The minimum Gasteiger partial charge on any atom is -0.465 e. The van der Waals surface area contributed by atoms with Gasteiger partial charge >= 0.3 is 24.3 Å². The number of carboxylic acid groups (broad SMARTS) is 2. The van der Waals surface area contributed by atoms with Crippen molar-refractivity contribution in [3.8, 4) is 0 Å². The van der Waals surface area contributed by atoms with E-state index in [0.29, 0.717) is 34.0 Å². The van der Waals surface area contributed by atoms with Crippen molar-refractivity contribution in [3.63, 3.8) is 0 Å². The van der Waals surface area contributed by atoms with E-state index in [1.54, 1.807) is 24.3 Å². The summed E-state index contributed by atoms with van der Waals surface area (Å²) in [6.07, 6.45) is -5.65. The van der Waals surface area contributed by atoms with Crippen LogP contribution in [0.3, 0.4) is 0 Å². The normalized spacial score (nSPS) is 10.8. The van der Waals surface area contributed by atoms with E-state index >= 15 is 0 Å². The highest BCUT2D eigenvalue weighted by Gasteiger charge is 2.41. The number of amides is 4. The monoisotopic (exact) mass is 532 g/mol. The van der Waals surface area contributed by atoms with Crippen molar-refractivity contribution in [2.45, 2.75) is 32.5 Å². The lowest BCUT2D eigenvalue weighted by Crippen LogP contribution is -2.37. The summed E-state index contributed by atoms with van der Waals surface area (Å²) in [4.78, 5) is 51.2. The van der Waals surface area contributed by atoms with Gasteiger partial charge in [0.1, 0.15) is 0 Å². The van der Waals surface area contributed by atoms with Crippen molar-refractivity contribution in [1.82, 2.24) is 15.2 Å². The molecule has 196 valence electrons. The van der Waals surface area contributed by atoms with Crippen molar-refractivity contribution >= 4 is 52.5 Å². The van der Waals surface area contributed by atoms with Crippen LogP contribution in [0.4, 0.5) is 33.6 Å². The second-order valence-corrected chi connectivity index (χ2v) is 8.03. The molecule has 0 aliphatic heterocycles. The maximum atomic E-state index is 12.7. The van der Waals surface area contributed by atoms with Gasteiger partial charge in [0, 0.05) is 18.8 Å². The lowest BCUT2D eigenvalue weighted by molar-refractivity contribution is -0.184. The summed E-state index contributed by atoms with van der Waals surface area (Å²) in [6.45, 7) is 0.991. The number of primary amides is 1. The number of carbonyl (C=O) groups is 4. The molecule has 0 fully saturated rings. The molecule has 16 heteroatoms. The summed E-state index contributed by atoms with van der Waals surface area (Å²) < 4.78 is 38.1. The average molecular weight is 533 g/mol. The summed E-state index contributed by atoms with van der Waals surface area (Å²) >= 11 is 1.01. The Balaban J connectivity index is 0.00000150. The first-order valence-electron chi connectivity index (χ1n) is 9.86. The van der Waals surface area contributed by atoms with Gasteiger partial charge in [-0.15, -0.1) is 0 Å². The van der Waals surface area contributed by atoms with Gasteiger partial charge in [-0.05, 0) is 30.5 Å².